The minimum absolute atomic E-state index is 0.135. The van der Waals surface area contributed by atoms with Crippen LogP contribution in [0.1, 0.15) is 59.1 Å². The molecule has 0 aliphatic carbocycles. The summed E-state index contributed by atoms with van der Waals surface area (Å²) in [5.74, 6) is -0.321. The highest BCUT2D eigenvalue weighted by molar-refractivity contribution is 5.87. The van der Waals surface area contributed by atoms with Gasteiger partial charge >= 0.3 is 12.1 Å². The van der Waals surface area contributed by atoms with Gasteiger partial charge in [0.15, 0.2) is 11.5 Å². The molecule has 0 radical (unpaired) electrons. The average molecular weight is 480 g/mol. The summed E-state index contributed by atoms with van der Waals surface area (Å²) in [6, 6.07) is 3.57. The van der Waals surface area contributed by atoms with E-state index in [2.05, 4.69) is 0 Å². The number of Topliss-reactive ketones (excluding diaryl/α,β-unsaturated/α-hetero) is 1. The molecule has 1 aliphatic heterocycles. The number of ketones is 1. The number of methoxy groups -OCH3 is 2. The van der Waals surface area contributed by atoms with Gasteiger partial charge in [-0.2, -0.15) is 0 Å². The molecule has 0 bridgehead atoms. The van der Waals surface area contributed by atoms with Crippen LogP contribution < -0.4 is 9.47 Å². The summed E-state index contributed by atoms with van der Waals surface area (Å²) in [5, 5.41) is 0. The number of benzene rings is 1. The Morgan fingerprint density at radius 2 is 1.79 bits per heavy atom. The molecule has 0 spiro atoms. The van der Waals surface area contributed by atoms with Crippen molar-refractivity contribution in [1.82, 2.24) is 4.90 Å². The fraction of sp³-hybridized carbons (Fsp3) is 0.640. The van der Waals surface area contributed by atoms with Crippen molar-refractivity contribution in [3.8, 4) is 11.5 Å². The van der Waals surface area contributed by atoms with Gasteiger partial charge in [0.25, 0.3) is 0 Å². The highest BCUT2D eigenvalue weighted by Crippen LogP contribution is 2.45. The Balaban J connectivity index is 2.52. The van der Waals surface area contributed by atoms with Crippen molar-refractivity contribution in [2.45, 2.75) is 65.1 Å². The van der Waals surface area contributed by atoms with Crippen LogP contribution in [0.4, 0.5) is 4.79 Å². The van der Waals surface area contributed by atoms with Gasteiger partial charge in [-0.3, -0.25) is 9.69 Å². The zero-order valence-electron chi connectivity index (χ0n) is 21.2. The van der Waals surface area contributed by atoms with Gasteiger partial charge in [-0.15, -0.1) is 0 Å². The van der Waals surface area contributed by atoms with Crippen LogP contribution in [0, 0.1) is 5.92 Å². The third-order valence-corrected chi connectivity index (χ3v) is 5.46. The SMILES string of the molecule is CCOC(=O)[C@@H]1C[C@H](C(C)=O)[C@H](c2ccc(OC)c(OCCCOC)c2)N1C(=O)OC(C)(C)C. The second-order valence-electron chi connectivity index (χ2n) is 9.16. The molecule has 9 heteroatoms. The van der Waals surface area contributed by atoms with Crippen molar-refractivity contribution in [1.29, 1.82) is 0 Å². The van der Waals surface area contributed by atoms with Gasteiger partial charge in [0, 0.05) is 26.1 Å². The third-order valence-electron chi connectivity index (χ3n) is 5.46. The molecule has 0 aromatic heterocycles. The number of hydrogen-bond acceptors (Lipinski definition) is 8. The first-order valence-electron chi connectivity index (χ1n) is 11.5. The molecular weight excluding hydrogens is 442 g/mol. The van der Waals surface area contributed by atoms with Crippen LogP contribution in [0.2, 0.25) is 0 Å². The zero-order valence-corrected chi connectivity index (χ0v) is 21.2. The lowest BCUT2D eigenvalue weighted by Gasteiger charge is -2.33. The predicted molar refractivity (Wildman–Crippen MR) is 125 cm³/mol. The molecular formula is C25H37NO8. The van der Waals surface area contributed by atoms with E-state index in [4.69, 9.17) is 23.7 Å². The topological polar surface area (TPSA) is 101 Å². The lowest BCUT2D eigenvalue weighted by molar-refractivity contribution is -0.148. The Kier molecular flexibility index (Phi) is 9.73. The van der Waals surface area contributed by atoms with Crippen LogP contribution in [0.5, 0.6) is 11.5 Å². The fourth-order valence-corrected chi connectivity index (χ4v) is 4.03. The first kappa shape index (κ1) is 27.4. The number of ether oxygens (including phenoxy) is 5. The third kappa shape index (κ3) is 6.85. The summed E-state index contributed by atoms with van der Waals surface area (Å²) in [4.78, 5) is 40.1. The highest BCUT2D eigenvalue weighted by atomic mass is 16.6. The molecule has 190 valence electrons. The smallest absolute Gasteiger partial charge is 0.411 e. The van der Waals surface area contributed by atoms with Crippen LogP contribution in [0.25, 0.3) is 0 Å². The zero-order chi connectivity index (χ0) is 25.5. The number of carbonyl (C=O) groups is 3. The Hall–Kier alpha value is -2.81. The number of likely N-dealkylation sites (tertiary alicyclic amines) is 1. The number of nitrogens with zero attached hydrogens (tertiary/aromatic N) is 1. The monoisotopic (exact) mass is 479 g/mol. The minimum atomic E-state index is -0.943. The van der Waals surface area contributed by atoms with Crippen molar-refractivity contribution in [3.05, 3.63) is 23.8 Å². The lowest BCUT2D eigenvalue weighted by Crippen LogP contribution is -2.45. The molecule has 3 atom stereocenters. The van der Waals surface area contributed by atoms with Crippen molar-refractivity contribution in [3.63, 3.8) is 0 Å². The van der Waals surface area contributed by atoms with E-state index in [9.17, 15) is 14.4 Å². The number of rotatable bonds is 10. The number of esters is 1. The molecule has 1 heterocycles. The summed E-state index contributed by atoms with van der Waals surface area (Å²) < 4.78 is 27.2. The van der Waals surface area contributed by atoms with Gasteiger partial charge in [0.1, 0.15) is 17.4 Å². The number of carbonyl (C=O) groups excluding carboxylic acids is 3. The molecule has 0 N–H and O–H groups in total. The molecule has 34 heavy (non-hydrogen) atoms. The second kappa shape index (κ2) is 12.1. The van der Waals surface area contributed by atoms with E-state index in [1.165, 1.54) is 18.9 Å². The largest absolute Gasteiger partial charge is 0.493 e. The molecule has 1 fully saturated rings. The Morgan fingerprint density at radius 3 is 2.35 bits per heavy atom. The van der Waals surface area contributed by atoms with Gasteiger partial charge in [-0.1, -0.05) is 6.07 Å². The normalized spacial score (nSPS) is 20.1. The predicted octanol–water partition coefficient (Wildman–Crippen LogP) is 3.93. The quantitative estimate of drug-likeness (QED) is 0.368. The lowest BCUT2D eigenvalue weighted by atomic mass is 9.90. The van der Waals surface area contributed by atoms with Gasteiger partial charge in [0.2, 0.25) is 0 Å². The molecule has 1 amide bonds. The molecule has 9 nitrogen and oxygen atoms in total. The Bertz CT molecular complexity index is 863. The van der Waals surface area contributed by atoms with Crippen LogP contribution >= 0.6 is 0 Å². The van der Waals surface area contributed by atoms with Gasteiger partial charge < -0.3 is 23.7 Å². The summed E-state index contributed by atoms with van der Waals surface area (Å²) >= 11 is 0. The van der Waals surface area contributed by atoms with Crippen molar-refractivity contribution in [2.75, 3.05) is 34.0 Å². The van der Waals surface area contributed by atoms with Crippen LogP contribution in [0.15, 0.2) is 18.2 Å². The van der Waals surface area contributed by atoms with E-state index >= 15 is 0 Å². The van der Waals surface area contributed by atoms with Gasteiger partial charge in [0.05, 0.1) is 26.4 Å². The Labute approximate surface area is 201 Å². The van der Waals surface area contributed by atoms with E-state index in [1.807, 2.05) is 0 Å². The summed E-state index contributed by atoms with van der Waals surface area (Å²) in [7, 11) is 3.16. The Morgan fingerprint density at radius 1 is 1.09 bits per heavy atom. The molecule has 1 aliphatic rings. The van der Waals surface area contributed by atoms with E-state index in [1.54, 1.807) is 53.0 Å². The van der Waals surface area contributed by atoms with Crippen molar-refractivity contribution in [2.24, 2.45) is 5.92 Å². The average Bonchev–Trinajstić information content (AvgIpc) is 3.17. The molecule has 2 rings (SSSR count). The molecule has 0 unspecified atom stereocenters. The maximum absolute atomic E-state index is 13.3. The summed E-state index contributed by atoms with van der Waals surface area (Å²) in [5.41, 5.74) is -0.148. The first-order valence-corrected chi connectivity index (χ1v) is 11.5. The standard InChI is InChI=1S/C25H37NO8/c1-8-32-23(28)19-15-18(16(2)27)22(26(19)24(29)34-25(3,4)5)17-10-11-20(31-7)21(14-17)33-13-9-12-30-6/h10-11,14,18-19,22H,8-9,12-13,15H2,1-7H3/t18-,19+,22+/m1/s1. The number of hydrogen-bond donors (Lipinski definition) is 0. The van der Waals surface area contributed by atoms with Crippen LogP contribution in [-0.2, 0) is 23.8 Å². The molecule has 1 saturated heterocycles. The molecule has 1 aromatic rings. The maximum atomic E-state index is 13.3. The molecule has 1 aromatic carbocycles. The van der Waals surface area contributed by atoms with Crippen molar-refractivity contribution < 1.29 is 38.1 Å². The van der Waals surface area contributed by atoms with Crippen LogP contribution in [0.3, 0.4) is 0 Å². The van der Waals surface area contributed by atoms with Gasteiger partial charge in [-0.25, -0.2) is 9.59 Å². The molecule has 0 saturated carbocycles. The van der Waals surface area contributed by atoms with E-state index < -0.39 is 35.7 Å². The number of amides is 1. The second-order valence-corrected chi connectivity index (χ2v) is 9.16. The first-order chi connectivity index (χ1) is 16.0. The van der Waals surface area contributed by atoms with E-state index in [0.29, 0.717) is 36.7 Å². The van der Waals surface area contributed by atoms with Crippen molar-refractivity contribution >= 4 is 17.8 Å². The maximum Gasteiger partial charge on any atom is 0.411 e. The van der Waals surface area contributed by atoms with E-state index in [0.717, 1.165) is 0 Å². The minimum Gasteiger partial charge on any atom is -0.493 e. The summed E-state index contributed by atoms with van der Waals surface area (Å²) in [6.45, 7) is 9.51. The highest BCUT2D eigenvalue weighted by Gasteiger charge is 2.51. The van der Waals surface area contributed by atoms with Gasteiger partial charge in [-0.05, 0) is 58.7 Å². The fourth-order valence-electron chi connectivity index (χ4n) is 4.03. The summed E-state index contributed by atoms with van der Waals surface area (Å²) in [6.07, 6.45) is 0.143. The van der Waals surface area contributed by atoms with E-state index in [-0.39, 0.29) is 18.8 Å². The van der Waals surface area contributed by atoms with Crippen LogP contribution in [-0.4, -0.2) is 68.4 Å².